The standard InChI is InChI=1S/C21H28N2O5S/c1-29(25,26)20-12-19(17-8-7-15(13-24)11-18(17)22-20)23-9-4-5-16(23)14-28-21-6-2-3-10-27-21/h7-8,11-12,16,21,24H,2-6,9-10,13-14H2,1H3/t16?,21-/m0/s1. The number of aliphatic hydroxyl groups is 1. The van der Waals surface area contributed by atoms with Crippen molar-refractivity contribution in [2.45, 2.75) is 56.1 Å². The van der Waals surface area contributed by atoms with Crippen LogP contribution in [-0.4, -0.2) is 56.9 Å². The molecule has 7 nitrogen and oxygen atoms in total. The van der Waals surface area contributed by atoms with E-state index in [1.807, 2.05) is 12.1 Å². The van der Waals surface area contributed by atoms with Gasteiger partial charge in [-0.05, 0) is 49.8 Å². The van der Waals surface area contributed by atoms with Gasteiger partial charge in [-0.15, -0.1) is 0 Å². The van der Waals surface area contributed by atoms with Gasteiger partial charge in [0, 0.05) is 30.5 Å². The third-order valence-electron chi connectivity index (χ3n) is 5.69. The maximum absolute atomic E-state index is 12.2. The minimum atomic E-state index is -3.46. The van der Waals surface area contributed by atoms with Gasteiger partial charge in [-0.1, -0.05) is 12.1 Å². The monoisotopic (exact) mass is 420 g/mol. The quantitative estimate of drug-likeness (QED) is 0.768. The fourth-order valence-corrected chi connectivity index (χ4v) is 4.73. The molecule has 0 amide bonds. The topological polar surface area (TPSA) is 89.0 Å². The van der Waals surface area contributed by atoms with E-state index in [1.54, 1.807) is 12.1 Å². The maximum atomic E-state index is 12.2. The number of anilines is 1. The fourth-order valence-electron chi connectivity index (χ4n) is 4.15. The number of hydrogen-bond donors (Lipinski definition) is 1. The molecule has 0 bridgehead atoms. The molecule has 2 fully saturated rings. The summed E-state index contributed by atoms with van der Waals surface area (Å²) >= 11 is 0. The minimum absolute atomic E-state index is 0.0530. The van der Waals surface area contributed by atoms with Crippen LogP contribution in [0.15, 0.2) is 29.3 Å². The predicted molar refractivity (Wildman–Crippen MR) is 111 cm³/mol. The minimum Gasteiger partial charge on any atom is -0.392 e. The third-order valence-corrected chi connectivity index (χ3v) is 6.66. The molecule has 2 atom stereocenters. The number of pyridine rings is 1. The Morgan fingerprint density at radius 1 is 1.24 bits per heavy atom. The molecule has 0 radical (unpaired) electrons. The summed E-state index contributed by atoms with van der Waals surface area (Å²) in [6.07, 6.45) is 6.17. The molecule has 8 heteroatoms. The van der Waals surface area contributed by atoms with Crippen LogP contribution >= 0.6 is 0 Å². The van der Waals surface area contributed by atoms with Crippen LogP contribution in [-0.2, 0) is 25.9 Å². The SMILES string of the molecule is CS(=O)(=O)c1cc(N2CCCC2CO[C@H]2CCCCO2)c2ccc(CO)cc2n1. The Hall–Kier alpha value is -1.74. The summed E-state index contributed by atoms with van der Waals surface area (Å²) in [7, 11) is -3.46. The van der Waals surface area contributed by atoms with Gasteiger partial charge in [0.15, 0.2) is 21.2 Å². The van der Waals surface area contributed by atoms with E-state index in [0.29, 0.717) is 17.7 Å². The van der Waals surface area contributed by atoms with Crippen molar-refractivity contribution in [1.82, 2.24) is 4.98 Å². The van der Waals surface area contributed by atoms with Crippen molar-refractivity contribution >= 4 is 26.4 Å². The van der Waals surface area contributed by atoms with Crippen LogP contribution in [0.1, 0.15) is 37.7 Å². The number of aromatic nitrogens is 1. The predicted octanol–water partition coefficient (Wildman–Crippen LogP) is 2.64. The van der Waals surface area contributed by atoms with Gasteiger partial charge < -0.3 is 19.5 Å². The molecule has 2 aromatic rings. The van der Waals surface area contributed by atoms with Crippen LogP contribution in [0.3, 0.4) is 0 Å². The van der Waals surface area contributed by atoms with E-state index >= 15 is 0 Å². The number of fused-ring (bicyclic) bond motifs is 1. The second-order valence-electron chi connectivity index (χ2n) is 7.88. The number of aliphatic hydroxyl groups excluding tert-OH is 1. The molecule has 1 aromatic carbocycles. The van der Waals surface area contributed by atoms with Crippen LogP contribution in [0.4, 0.5) is 5.69 Å². The number of rotatable bonds is 6. The highest BCUT2D eigenvalue weighted by molar-refractivity contribution is 7.90. The van der Waals surface area contributed by atoms with E-state index in [4.69, 9.17) is 9.47 Å². The molecule has 0 saturated carbocycles. The average Bonchev–Trinajstić information content (AvgIpc) is 3.19. The molecular formula is C21H28N2O5S. The molecule has 0 aliphatic carbocycles. The normalized spacial score (nSPS) is 23.0. The van der Waals surface area contributed by atoms with Crippen LogP contribution in [0, 0.1) is 0 Å². The lowest BCUT2D eigenvalue weighted by Gasteiger charge is -2.30. The number of benzene rings is 1. The zero-order chi connectivity index (χ0) is 20.4. The first-order valence-corrected chi connectivity index (χ1v) is 12.1. The zero-order valence-electron chi connectivity index (χ0n) is 16.7. The fraction of sp³-hybridized carbons (Fsp3) is 0.571. The molecule has 158 valence electrons. The molecule has 2 aliphatic heterocycles. The first-order valence-electron chi connectivity index (χ1n) is 10.2. The summed E-state index contributed by atoms with van der Waals surface area (Å²) in [6.45, 7) is 2.03. The Labute approximate surface area is 171 Å². The molecule has 1 aromatic heterocycles. The second-order valence-corrected chi connectivity index (χ2v) is 9.84. The van der Waals surface area contributed by atoms with Crippen molar-refractivity contribution in [2.75, 3.05) is 30.9 Å². The highest BCUT2D eigenvalue weighted by atomic mass is 32.2. The van der Waals surface area contributed by atoms with Crippen molar-refractivity contribution in [3.05, 3.63) is 29.8 Å². The van der Waals surface area contributed by atoms with Gasteiger partial charge in [0.25, 0.3) is 0 Å². The number of sulfone groups is 1. The lowest BCUT2D eigenvalue weighted by Crippen LogP contribution is -2.36. The van der Waals surface area contributed by atoms with Gasteiger partial charge in [0.1, 0.15) is 0 Å². The number of ether oxygens (including phenoxy) is 2. The van der Waals surface area contributed by atoms with Gasteiger partial charge in [0.2, 0.25) is 0 Å². The van der Waals surface area contributed by atoms with E-state index in [1.165, 1.54) is 6.26 Å². The van der Waals surface area contributed by atoms with Crippen LogP contribution < -0.4 is 4.90 Å². The summed E-state index contributed by atoms with van der Waals surface area (Å²) in [5.74, 6) is 0. The Kier molecular flexibility index (Phi) is 6.06. The van der Waals surface area contributed by atoms with Gasteiger partial charge in [-0.2, -0.15) is 0 Å². The Bertz CT molecular complexity index is 972. The summed E-state index contributed by atoms with van der Waals surface area (Å²) in [4.78, 5) is 6.59. The van der Waals surface area contributed by atoms with E-state index < -0.39 is 9.84 Å². The zero-order valence-corrected chi connectivity index (χ0v) is 17.5. The van der Waals surface area contributed by atoms with Crippen molar-refractivity contribution in [2.24, 2.45) is 0 Å². The first-order chi connectivity index (χ1) is 14.0. The van der Waals surface area contributed by atoms with E-state index in [0.717, 1.165) is 56.3 Å². The molecule has 4 rings (SSSR count). The third kappa shape index (κ3) is 4.55. The molecular weight excluding hydrogens is 392 g/mol. The molecule has 2 aliphatic rings. The lowest BCUT2D eigenvalue weighted by molar-refractivity contribution is -0.164. The van der Waals surface area contributed by atoms with Crippen LogP contribution in [0.25, 0.3) is 10.9 Å². The van der Waals surface area contributed by atoms with E-state index in [-0.39, 0.29) is 24.0 Å². The van der Waals surface area contributed by atoms with Gasteiger partial charge in [-0.3, -0.25) is 0 Å². The highest BCUT2D eigenvalue weighted by Crippen LogP contribution is 2.34. The van der Waals surface area contributed by atoms with Crippen molar-refractivity contribution in [3.8, 4) is 0 Å². The Morgan fingerprint density at radius 2 is 2.10 bits per heavy atom. The van der Waals surface area contributed by atoms with Crippen molar-refractivity contribution in [3.63, 3.8) is 0 Å². The van der Waals surface area contributed by atoms with Crippen molar-refractivity contribution < 1.29 is 23.0 Å². The number of nitrogens with zero attached hydrogens (tertiary/aromatic N) is 2. The summed E-state index contributed by atoms with van der Waals surface area (Å²) in [5.41, 5.74) is 2.14. The summed E-state index contributed by atoms with van der Waals surface area (Å²) in [6, 6.07) is 7.35. The second kappa shape index (κ2) is 8.55. The molecule has 0 spiro atoms. The van der Waals surface area contributed by atoms with Crippen LogP contribution in [0.5, 0.6) is 0 Å². The average molecular weight is 421 g/mol. The molecule has 1 N–H and O–H groups in total. The van der Waals surface area contributed by atoms with E-state index in [9.17, 15) is 13.5 Å². The largest absolute Gasteiger partial charge is 0.392 e. The summed E-state index contributed by atoms with van der Waals surface area (Å²) < 4.78 is 36.2. The van der Waals surface area contributed by atoms with Crippen LogP contribution in [0.2, 0.25) is 0 Å². The smallest absolute Gasteiger partial charge is 0.192 e. The number of hydrogen-bond acceptors (Lipinski definition) is 7. The van der Waals surface area contributed by atoms with Gasteiger partial charge in [0.05, 0.1) is 24.8 Å². The highest BCUT2D eigenvalue weighted by Gasteiger charge is 2.29. The van der Waals surface area contributed by atoms with Gasteiger partial charge >= 0.3 is 0 Å². The van der Waals surface area contributed by atoms with E-state index in [2.05, 4.69) is 9.88 Å². The molecule has 1 unspecified atom stereocenters. The molecule has 2 saturated heterocycles. The Balaban J connectivity index is 1.67. The Morgan fingerprint density at radius 3 is 2.83 bits per heavy atom. The van der Waals surface area contributed by atoms with Gasteiger partial charge in [-0.25, -0.2) is 13.4 Å². The maximum Gasteiger partial charge on any atom is 0.192 e. The first kappa shape index (κ1) is 20.5. The summed E-state index contributed by atoms with van der Waals surface area (Å²) in [5, 5.41) is 10.4. The lowest BCUT2D eigenvalue weighted by atomic mass is 10.1. The molecule has 3 heterocycles. The molecule has 29 heavy (non-hydrogen) atoms. The van der Waals surface area contributed by atoms with Crippen molar-refractivity contribution in [1.29, 1.82) is 0 Å².